The maximum Gasteiger partial charge on any atom is 0.490 e. The van der Waals surface area contributed by atoms with Crippen molar-refractivity contribution in [3.8, 4) is 0 Å². The van der Waals surface area contributed by atoms with Gasteiger partial charge in [-0.15, -0.1) is 11.3 Å². The summed E-state index contributed by atoms with van der Waals surface area (Å²) in [7, 11) is 1.89. The Kier molecular flexibility index (Phi) is 6.27. The summed E-state index contributed by atoms with van der Waals surface area (Å²) in [5.74, 6) is -1.82. The largest absolute Gasteiger partial charge is 0.490 e. The van der Waals surface area contributed by atoms with E-state index in [0.29, 0.717) is 5.92 Å². The molecule has 29 heavy (non-hydrogen) atoms. The highest BCUT2D eigenvalue weighted by Crippen LogP contribution is 2.35. The average molecular weight is 430 g/mol. The summed E-state index contributed by atoms with van der Waals surface area (Å²) in [5.41, 5.74) is 0.933. The molecule has 7 nitrogen and oxygen atoms in total. The highest BCUT2D eigenvalue weighted by atomic mass is 32.1. The molecule has 0 aliphatic carbocycles. The van der Waals surface area contributed by atoms with Gasteiger partial charge in [0.25, 0.3) is 0 Å². The molecule has 2 aromatic rings. The zero-order valence-corrected chi connectivity index (χ0v) is 16.5. The molecule has 2 aliphatic rings. The number of anilines is 1. The lowest BCUT2D eigenvalue weighted by molar-refractivity contribution is -0.192. The Balaban J connectivity index is 0.000000298. The SMILES string of the molecule is Cn1cc(N2CCC3CN(Cc4cccs4)CC3C2=O)cn1.O=C(O)C(F)(F)F. The number of aryl methyl sites for hydroxylation is 1. The molecular formula is C18H21F3N4O3S. The third-order valence-corrected chi connectivity index (χ3v) is 5.89. The molecule has 2 atom stereocenters. The van der Waals surface area contributed by atoms with Crippen molar-refractivity contribution in [2.45, 2.75) is 19.1 Å². The number of alkyl halides is 3. The fourth-order valence-corrected chi connectivity index (χ4v) is 4.44. The molecule has 0 aromatic carbocycles. The molecule has 2 saturated heterocycles. The van der Waals surface area contributed by atoms with Crippen LogP contribution in [0.5, 0.6) is 0 Å². The lowest BCUT2D eigenvalue weighted by Gasteiger charge is -2.32. The predicted octanol–water partition coefficient (Wildman–Crippen LogP) is 2.60. The Morgan fingerprint density at radius 1 is 1.38 bits per heavy atom. The van der Waals surface area contributed by atoms with Crippen LogP contribution < -0.4 is 4.90 Å². The van der Waals surface area contributed by atoms with E-state index in [0.717, 1.165) is 38.3 Å². The Morgan fingerprint density at radius 3 is 2.66 bits per heavy atom. The summed E-state index contributed by atoms with van der Waals surface area (Å²) >= 11 is 1.80. The minimum atomic E-state index is -5.08. The van der Waals surface area contributed by atoms with Crippen molar-refractivity contribution in [2.75, 3.05) is 24.5 Å². The number of carboxylic acid groups (broad SMARTS) is 1. The number of thiophene rings is 1. The summed E-state index contributed by atoms with van der Waals surface area (Å²) in [5, 5.41) is 13.4. The van der Waals surface area contributed by atoms with Gasteiger partial charge in [0, 0.05) is 44.3 Å². The van der Waals surface area contributed by atoms with E-state index in [1.807, 2.05) is 18.1 Å². The number of hydrogen-bond donors (Lipinski definition) is 1. The molecule has 0 radical (unpaired) electrons. The quantitative estimate of drug-likeness (QED) is 0.810. The van der Waals surface area contributed by atoms with Crippen LogP contribution in [0.1, 0.15) is 11.3 Å². The van der Waals surface area contributed by atoms with Crippen molar-refractivity contribution in [2.24, 2.45) is 18.9 Å². The number of halogens is 3. The second kappa shape index (κ2) is 8.54. The lowest BCUT2D eigenvalue weighted by atomic mass is 9.88. The lowest BCUT2D eigenvalue weighted by Crippen LogP contribution is -2.45. The van der Waals surface area contributed by atoms with Crippen LogP contribution in [0, 0.1) is 11.8 Å². The molecule has 2 aromatic heterocycles. The number of aliphatic carboxylic acids is 1. The molecule has 11 heteroatoms. The van der Waals surface area contributed by atoms with Crippen LogP contribution in [0.25, 0.3) is 0 Å². The molecule has 2 unspecified atom stereocenters. The van der Waals surface area contributed by atoms with E-state index in [9.17, 15) is 18.0 Å². The number of carbonyl (C=O) groups excluding carboxylic acids is 1. The summed E-state index contributed by atoms with van der Waals surface area (Å²) in [6.07, 6.45) is -0.278. The number of amides is 1. The van der Waals surface area contributed by atoms with Crippen molar-refractivity contribution in [1.29, 1.82) is 0 Å². The molecule has 0 spiro atoms. The zero-order chi connectivity index (χ0) is 21.2. The number of nitrogens with zero attached hydrogens (tertiary/aromatic N) is 4. The Morgan fingerprint density at radius 2 is 2.10 bits per heavy atom. The molecule has 0 saturated carbocycles. The van der Waals surface area contributed by atoms with Gasteiger partial charge < -0.3 is 10.0 Å². The summed E-state index contributed by atoms with van der Waals surface area (Å²) < 4.78 is 33.5. The van der Waals surface area contributed by atoms with Gasteiger partial charge in [0.15, 0.2) is 0 Å². The van der Waals surface area contributed by atoms with Crippen LogP contribution in [0.3, 0.4) is 0 Å². The van der Waals surface area contributed by atoms with E-state index in [4.69, 9.17) is 9.90 Å². The van der Waals surface area contributed by atoms with Crippen LogP contribution >= 0.6 is 11.3 Å². The van der Waals surface area contributed by atoms with Crippen LogP contribution in [0.15, 0.2) is 29.9 Å². The highest BCUT2D eigenvalue weighted by Gasteiger charge is 2.43. The number of likely N-dealkylation sites (tertiary alicyclic amines) is 1. The maximum absolute atomic E-state index is 12.8. The van der Waals surface area contributed by atoms with Crippen molar-refractivity contribution >= 4 is 28.9 Å². The third-order valence-electron chi connectivity index (χ3n) is 5.03. The summed E-state index contributed by atoms with van der Waals surface area (Å²) in [6, 6.07) is 4.27. The van der Waals surface area contributed by atoms with Gasteiger partial charge >= 0.3 is 12.1 Å². The van der Waals surface area contributed by atoms with Crippen molar-refractivity contribution in [1.82, 2.24) is 14.7 Å². The first kappa shape index (κ1) is 21.3. The van der Waals surface area contributed by atoms with Gasteiger partial charge in [-0.2, -0.15) is 18.3 Å². The highest BCUT2D eigenvalue weighted by molar-refractivity contribution is 7.09. The van der Waals surface area contributed by atoms with E-state index in [1.165, 1.54) is 4.88 Å². The predicted molar refractivity (Wildman–Crippen MR) is 100 cm³/mol. The molecule has 4 heterocycles. The molecule has 4 rings (SSSR count). The van der Waals surface area contributed by atoms with E-state index in [2.05, 4.69) is 27.5 Å². The van der Waals surface area contributed by atoms with Gasteiger partial charge in [0.05, 0.1) is 17.8 Å². The van der Waals surface area contributed by atoms with Gasteiger partial charge in [0.1, 0.15) is 0 Å². The number of hydrogen-bond acceptors (Lipinski definition) is 5. The standard InChI is InChI=1S/C16H20N4OS.C2HF3O2/c1-18-9-13(7-17-18)20-5-4-12-8-19(11-15(12)16(20)21)10-14-3-2-6-22-14;3-2(4,5)1(6)7/h2-3,6-7,9,12,15H,4-5,8,10-11H2,1H3;(H,6,7). The first-order valence-electron chi connectivity index (χ1n) is 9.00. The molecule has 2 fully saturated rings. The van der Waals surface area contributed by atoms with Crippen LogP contribution in [-0.2, 0) is 23.2 Å². The number of carbonyl (C=O) groups is 2. The topological polar surface area (TPSA) is 78.7 Å². The number of aromatic nitrogens is 2. The molecule has 158 valence electrons. The zero-order valence-electron chi connectivity index (χ0n) is 15.7. The molecular weight excluding hydrogens is 409 g/mol. The van der Waals surface area contributed by atoms with Crippen molar-refractivity contribution in [3.63, 3.8) is 0 Å². The monoisotopic (exact) mass is 430 g/mol. The number of fused-ring (bicyclic) bond motifs is 1. The summed E-state index contributed by atoms with van der Waals surface area (Å²) in [6.45, 7) is 3.73. The van der Waals surface area contributed by atoms with Gasteiger partial charge in [-0.3, -0.25) is 14.4 Å². The Bertz CT molecular complexity index is 853. The van der Waals surface area contributed by atoms with E-state index in [1.54, 1.807) is 22.2 Å². The number of carboxylic acids is 1. The number of rotatable bonds is 3. The van der Waals surface area contributed by atoms with Gasteiger partial charge in [-0.25, -0.2) is 4.79 Å². The van der Waals surface area contributed by atoms with E-state index in [-0.39, 0.29) is 11.8 Å². The van der Waals surface area contributed by atoms with Crippen molar-refractivity contribution in [3.05, 3.63) is 34.8 Å². The second-order valence-corrected chi connectivity index (χ2v) is 8.13. The minimum Gasteiger partial charge on any atom is -0.475 e. The minimum absolute atomic E-state index is 0.147. The van der Waals surface area contributed by atoms with E-state index >= 15 is 0 Å². The first-order chi connectivity index (χ1) is 13.6. The van der Waals surface area contributed by atoms with Gasteiger partial charge in [-0.1, -0.05) is 6.07 Å². The Labute approximate surface area is 169 Å². The molecule has 1 N–H and O–H groups in total. The van der Waals surface area contributed by atoms with Gasteiger partial charge in [-0.05, 0) is 23.8 Å². The van der Waals surface area contributed by atoms with Crippen LogP contribution in [0.4, 0.5) is 18.9 Å². The maximum atomic E-state index is 12.8. The third kappa shape index (κ3) is 5.15. The smallest absolute Gasteiger partial charge is 0.475 e. The van der Waals surface area contributed by atoms with Crippen LogP contribution in [0.2, 0.25) is 0 Å². The molecule has 0 bridgehead atoms. The molecule has 1 amide bonds. The summed E-state index contributed by atoms with van der Waals surface area (Å²) in [4.78, 5) is 27.5. The van der Waals surface area contributed by atoms with E-state index < -0.39 is 12.1 Å². The van der Waals surface area contributed by atoms with Crippen LogP contribution in [-0.4, -0.2) is 57.5 Å². The normalized spacial score (nSPS) is 22.2. The number of piperidine rings is 1. The average Bonchev–Trinajstić information content (AvgIpc) is 3.37. The fraction of sp³-hybridized carbons (Fsp3) is 0.500. The molecule has 2 aliphatic heterocycles. The van der Waals surface area contributed by atoms with Crippen molar-refractivity contribution < 1.29 is 27.9 Å². The first-order valence-corrected chi connectivity index (χ1v) is 9.88. The fourth-order valence-electron chi connectivity index (χ4n) is 3.69. The van der Waals surface area contributed by atoms with Gasteiger partial charge in [0.2, 0.25) is 5.91 Å². The Hall–Kier alpha value is -2.40. The second-order valence-electron chi connectivity index (χ2n) is 7.09.